The maximum Gasteiger partial charge on any atom is 0.315 e. The summed E-state index contributed by atoms with van der Waals surface area (Å²) in [4.78, 5) is 11.7. The van der Waals surface area contributed by atoms with Crippen LogP contribution in [-0.2, 0) is 0 Å². The number of hydrogen-bond acceptors (Lipinski definition) is 2. The molecule has 2 fully saturated rings. The van der Waals surface area contributed by atoms with Gasteiger partial charge in [0, 0.05) is 19.2 Å². The van der Waals surface area contributed by atoms with Crippen molar-refractivity contribution in [1.29, 1.82) is 0 Å². The largest absolute Gasteiger partial charge is 0.396 e. The fraction of sp³-hybridized carbons (Fsp3) is 0.923. The molecule has 0 bridgehead atoms. The van der Waals surface area contributed by atoms with Crippen LogP contribution < -0.4 is 10.6 Å². The summed E-state index contributed by atoms with van der Waals surface area (Å²) in [5.41, 5.74) is 0.428. The summed E-state index contributed by atoms with van der Waals surface area (Å²) in [7, 11) is 0. The zero-order valence-electron chi connectivity index (χ0n) is 10.7. The minimum Gasteiger partial charge on any atom is -0.396 e. The van der Waals surface area contributed by atoms with E-state index in [-0.39, 0.29) is 18.7 Å². The van der Waals surface area contributed by atoms with Crippen molar-refractivity contribution < 1.29 is 9.90 Å². The SMILES string of the molecule is C[C@H](CCO)NC(=O)NCC1(C2CC2)CCC1. The number of urea groups is 1. The Balaban J connectivity index is 1.68. The summed E-state index contributed by atoms with van der Waals surface area (Å²) in [5, 5.41) is 14.6. The average Bonchev–Trinajstić information content (AvgIpc) is 3.00. The summed E-state index contributed by atoms with van der Waals surface area (Å²) in [5.74, 6) is 0.867. The molecule has 98 valence electrons. The Bertz CT molecular complexity index is 273. The first kappa shape index (κ1) is 12.7. The van der Waals surface area contributed by atoms with Crippen molar-refractivity contribution in [2.24, 2.45) is 11.3 Å². The molecule has 2 aliphatic rings. The summed E-state index contributed by atoms with van der Waals surface area (Å²) < 4.78 is 0. The van der Waals surface area contributed by atoms with E-state index in [1.165, 1.54) is 32.1 Å². The van der Waals surface area contributed by atoms with Crippen LogP contribution in [0.5, 0.6) is 0 Å². The lowest BCUT2D eigenvalue weighted by molar-refractivity contribution is 0.101. The van der Waals surface area contributed by atoms with Gasteiger partial charge in [-0.1, -0.05) is 6.42 Å². The first-order chi connectivity index (χ1) is 8.16. The Morgan fingerprint density at radius 3 is 2.65 bits per heavy atom. The zero-order valence-corrected chi connectivity index (χ0v) is 10.7. The second kappa shape index (κ2) is 5.25. The van der Waals surface area contributed by atoms with Crippen LogP contribution in [0.25, 0.3) is 0 Å². The highest BCUT2D eigenvalue weighted by Crippen LogP contribution is 2.56. The fourth-order valence-electron chi connectivity index (χ4n) is 2.85. The standard InChI is InChI=1S/C13H24N2O2/c1-10(5-8-16)15-12(17)14-9-13(6-2-7-13)11-3-4-11/h10-11,16H,2-9H2,1H3,(H2,14,15,17)/t10-/m1/s1. The third-order valence-corrected chi connectivity index (χ3v) is 4.33. The lowest BCUT2D eigenvalue weighted by Gasteiger charge is -2.42. The van der Waals surface area contributed by atoms with Gasteiger partial charge in [0.25, 0.3) is 0 Å². The van der Waals surface area contributed by atoms with Gasteiger partial charge >= 0.3 is 6.03 Å². The second-order valence-electron chi connectivity index (χ2n) is 5.73. The van der Waals surface area contributed by atoms with Crippen molar-refractivity contribution in [3.63, 3.8) is 0 Å². The Labute approximate surface area is 103 Å². The van der Waals surface area contributed by atoms with Gasteiger partial charge in [-0.3, -0.25) is 0 Å². The molecule has 4 heteroatoms. The van der Waals surface area contributed by atoms with Crippen molar-refractivity contribution >= 4 is 6.03 Å². The van der Waals surface area contributed by atoms with Crippen molar-refractivity contribution in [3.8, 4) is 0 Å². The van der Waals surface area contributed by atoms with Crippen molar-refractivity contribution in [2.75, 3.05) is 13.2 Å². The predicted molar refractivity (Wildman–Crippen MR) is 66.7 cm³/mol. The molecular weight excluding hydrogens is 216 g/mol. The van der Waals surface area contributed by atoms with E-state index in [0.29, 0.717) is 11.8 Å². The first-order valence-electron chi connectivity index (χ1n) is 6.81. The Morgan fingerprint density at radius 2 is 2.18 bits per heavy atom. The van der Waals surface area contributed by atoms with E-state index in [1.54, 1.807) is 0 Å². The number of hydrogen-bond donors (Lipinski definition) is 3. The van der Waals surface area contributed by atoms with Gasteiger partial charge < -0.3 is 15.7 Å². The van der Waals surface area contributed by atoms with Gasteiger partial charge in [0.2, 0.25) is 0 Å². The van der Waals surface area contributed by atoms with Crippen molar-refractivity contribution in [1.82, 2.24) is 10.6 Å². The molecule has 0 aromatic heterocycles. The van der Waals surface area contributed by atoms with Crippen LogP contribution in [-0.4, -0.2) is 30.3 Å². The molecule has 0 radical (unpaired) electrons. The highest BCUT2D eigenvalue weighted by atomic mass is 16.3. The highest BCUT2D eigenvalue weighted by molar-refractivity contribution is 5.74. The monoisotopic (exact) mass is 240 g/mol. The molecule has 2 rings (SSSR count). The summed E-state index contributed by atoms with van der Waals surface area (Å²) in [6.07, 6.45) is 7.20. The van der Waals surface area contributed by atoms with E-state index >= 15 is 0 Å². The number of aliphatic hydroxyl groups excluding tert-OH is 1. The maximum atomic E-state index is 11.7. The first-order valence-corrected chi connectivity index (χ1v) is 6.81. The molecule has 0 aliphatic heterocycles. The Kier molecular flexibility index (Phi) is 3.92. The topological polar surface area (TPSA) is 61.4 Å². The van der Waals surface area contributed by atoms with Gasteiger partial charge in [-0.25, -0.2) is 4.79 Å². The van der Waals surface area contributed by atoms with Crippen LogP contribution >= 0.6 is 0 Å². The molecule has 17 heavy (non-hydrogen) atoms. The number of amides is 2. The van der Waals surface area contributed by atoms with Gasteiger partial charge in [-0.15, -0.1) is 0 Å². The predicted octanol–water partition coefficient (Wildman–Crippen LogP) is 1.64. The van der Waals surface area contributed by atoms with E-state index < -0.39 is 0 Å². The van der Waals surface area contributed by atoms with Crippen LogP contribution in [0.1, 0.15) is 45.4 Å². The molecule has 0 heterocycles. The van der Waals surface area contributed by atoms with E-state index in [1.807, 2.05) is 6.92 Å². The third-order valence-electron chi connectivity index (χ3n) is 4.33. The average molecular weight is 240 g/mol. The van der Waals surface area contributed by atoms with Gasteiger partial charge in [0.1, 0.15) is 0 Å². The molecule has 2 amide bonds. The van der Waals surface area contributed by atoms with Crippen molar-refractivity contribution in [3.05, 3.63) is 0 Å². The number of nitrogens with one attached hydrogen (secondary N) is 2. The number of carbonyl (C=O) groups is 1. The van der Waals surface area contributed by atoms with Crippen molar-refractivity contribution in [2.45, 2.75) is 51.5 Å². The van der Waals surface area contributed by atoms with E-state index in [2.05, 4.69) is 10.6 Å². The molecule has 0 aromatic carbocycles. The van der Waals surface area contributed by atoms with Gasteiger partial charge in [0.05, 0.1) is 0 Å². The molecule has 2 saturated carbocycles. The molecule has 3 N–H and O–H groups in total. The normalized spacial score (nSPS) is 23.6. The Morgan fingerprint density at radius 1 is 1.47 bits per heavy atom. The smallest absolute Gasteiger partial charge is 0.315 e. The van der Waals surface area contributed by atoms with Crippen LogP contribution in [0.2, 0.25) is 0 Å². The minimum absolute atomic E-state index is 0.0401. The van der Waals surface area contributed by atoms with Crippen LogP contribution in [0.15, 0.2) is 0 Å². The maximum absolute atomic E-state index is 11.7. The lowest BCUT2D eigenvalue weighted by atomic mass is 9.65. The van der Waals surface area contributed by atoms with Crippen LogP contribution in [0.3, 0.4) is 0 Å². The minimum atomic E-state index is -0.0853. The highest BCUT2D eigenvalue weighted by Gasteiger charge is 2.48. The summed E-state index contributed by atoms with van der Waals surface area (Å²) in [6, 6.07) is -0.0452. The fourth-order valence-corrected chi connectivity index (χ4v) is 2.85. The summed E-state index contributed by atoms with van der Waals surface area (Å²) >= 11 is 0. The van der Waals surface area contributed by atoms with Gasteiger partial charge in [0.15, 0.2) is 0 Å². The number of carbonyl (C=O) groups excluding carboxylic acids is 1. The second-order valence-corrected chi connectivity index (χ2v) is 5.73. The third kappa shape index (κ3) is 3.12. The molecule has 4 nitrogen and oxygen atoms in total. The van der Waals surface area contributed by atoms with E-state index in [0.717, 1.165) is 12.5 Å². The van der Waals surface area contributed by atoms with E-state index in [4.69, 9.17) is 5.11 Å². The zero-order chi connectivity index (χ0) is 12.3. The molecule has 2 aliphatic carbocycles. The molecule has 0 spiro atoms. The Hall–Kier alpha value is -0.770. The molecule has 0 aromatic rings. The van der Waals surface area contributed by atoms with Crippen LogP contribution in [0.4, 0.5) is 4.79 Å². The number of rotatable bonds is 6. The molecular formula is C13H24N2O2. The van der Waals surface area contributed by atoms with E-state index in [9.17, 15) is 4.79 Å². The quantitative estimate of drug-likeness (QED) is 0.661. The molecule has 0 unspecified atom stereocenters. The lowest BCUT2D eigenvalue weighted by Crippen LogP contribution is -2.48. The van der Waals surface area contributed by atoms with Crippen LogP contribution in [0, 0.1) is 11.3 Å². The molecule has 0 saturated heterocycles. The summed E-state index contributed by atoms with van der Waals surface area (Å²) in [6.45, 7) is 2.86. The molecule has 1 atom stereocenters. The van der Waals surface area contributed by atoms with Gasteiger partial charge in [-0.2, -0.15) is 0 Å². The number of aliphatic hydroxyl groups is 1. The van der Waals surface area contributed by atoms with Gasteiger partial charge in [-0.05, 0) is 50.4 Å².